The summed E-state index contributed by atoms with van der Waals surface area (Å²) < 4.78 is 19.6. The Morgan fingerprint density at radius 3 is 2.54 bits per heavy atom. The Morgan fingerprint density at radius 2 is 1.88 bits per heavy atom. The van der Waals surface area contributed by atoms with E-state index in [1.54, 1.807) is 23.9 Å². The van der Waals surface area contributed by atoms with Crippen LogP contribution in [0.1, 0.15) is 11.7 Å². The van der Waals surface area contributed by atoms with Crippen molar-refractivity contribution in [2.45, 2.75) is 11.3 Å². The van der Waals surface area contributed by atoms with Crippen LogP contribution in [0.2, 0.25) is 0 Å². The van der Waals surface area contributed by atoms with Gasteiger partial charge >= 0.3 is 0 Å². The number of aliphatic hydroxyl groups excluding tert-OH is 1. The van der Waals surface area contributed by atoms with Crippen molar-refractivity contribution in [1.29, 1.82) is 0 Å². The number of tetrazole rings is 1. The predicted molar refractivity (Wildman–Crippen MR) is 87.8 cm³/mol. The SMILES string of the molecule is COc1ccc(-n2nnnc2SCC(O)c2ccc(F)cc2)cc1. The number of methoxy groups -OCH3 is 1. The smallest absolute Gasteiger partial charge is 0.214 e. The molecule has 1 heterocycles. The van der Waals surface area contributed by atoms with Crippen molar-refractivity contribution in [2.75, 3.05) is 12.9 Å². The Balaban J connectivity index is 1.70. The highest BCUT2D eigenvalue weighted by Crippen LogP contribution is 2.25. The summed E-state index contributed by atoms with van der Waals surface area (Å²) in [6.07, 6.45) is -0.739. The van der Waals surface area contributed by atoms with Gasteiger partial charge in [-0.05, 0) is 52.4 Å². The van der Waals surface area contributed by atoms with Crippen molar-refractivity contribution in [3.63, 3.8) is 0 Å². The maximum absolute atomic E-state index is 12.9. The molecule has 24 heavy (non-hydrogen) atoms. The van der Waals surface area contributed by atoms with Crippen LogP contribution in [0, 0.1) is 5.82 Å². The second-order valence-electron chi connectivity index (χ2n) is 4.95. The molecule has 0 bridgehead atoms. The summed E-state index contributed by atoms with van der Waals surface area (Å²) in [5.74, 6) is 0.761. The number of rotatable bonds is 6. The first kappa shape index (κ1) is 16.4. The number of hydrogen-bond acceptors (Lipinski definition) is 6. The molecule has 0 radical (unpaired) electrons. The number of nitrogens with zero attached hydrogens (tertiary/aromatic N) is 4. The molecule has 0 saturated heterocycles. The van der Waals surface area contributed by atoms with Crippen molar-refractivity contribution < 1.29 is 14.2 Å². The fourth-order valence-corrected chi connectivity index (χ4v) is 2.95. The molecule has 0 aliphatic carbocycles. The topological polar surface area (TPSA) is 73.1 Å². The molecule has 3 rings (SSSR count). The van der Waals surface area contributed by atoms with E-state index in [1.165, 1.54) is 23.9 Å². The first-order valence-corrected chi connectivity index (χ1v) is 8.15. The number of aromatic nitrogens is 4. The van der Waals surface area contributed by atoms with Gasteiger partial charge in [-0.25, -0.2) is 4.39 Å². The number of ether oxygens (including phenoxy) is 1. The quantitative estimate of drug-likeness (QED) is 0.692. The molecule has 1 aromatic heterocycles. The van der Waals surface area contributed by atoms with Gasteiger partial charge in [-0.2, -0.15) is 4.68 Å². The highest BCUT2D eigenvalue weighted by molar-refractivity contribution is 7.99. The Kier molecular flexibility index (Phi) is 5.07. The van der Waals surface area contributed by atoms with Gasteiger partial charge in [0.15, 0.2) is 0 Å². The van der Waals surface area contributed by atoms with Crippen molar-refractivity contribution in [1.82, 2.24) is 20.2 Å². The van der Waals surface area contributed by atoms with Crippen LogP contribution in [-0.2, 0) is 0 Å². The molecule has 1 atom stereocenters. The van der Waals surface area contributed by atoms with E-state index >= 15 is 0 Å². The van der Waals surface area contributed by atoms with Crippen LogP contribution < -0.4 is 4.74 Å². The minimum atomic E-state index is -0.739. The first-order chi connectivity index (χ1) is 11.7. The number of hydrogen-bond donors (Lipinski definition) is 1. The molecule has 6 nitrogen and oxygen atoms in total. The molecule has 1 N–H and O–H groups in total. The lowest BCUT2D eigenvalue weighted by Gasteiger charge is -2.10. The highest BCUT2D eigenvalue weighted by atomic mass is 32.2. The van der Waals surface area contributed by atoms with Crippen molar-refractivity contribution in [3.8, 4) is 11.4 Å². The third kappa shape index (κ3) is 3.72. The molecule has 0 aliphatic heterocycles. The molecule has 0 amide bonds. The van der Waals surface area contributed by atoms with Gasteiger partial charge in [-0.1, -0.05) is 23.9 Å². The lowest BCUT2D eigenvalue weighted by molar-refractivity contribution is 0.204. The van der Waals surface area contributed by atoms with Gasteiger partial charge in [0.2, 0.25) is 5.16 Å². The molecule has 0 aliphatic rings. The summed E-state index contributed by atoms with van der Waals surface area (Å²) in [6.45, 7) is 0. The standard InChI is InChI=1S/C16H15FN4O2S/c1-23-14-8-6-13(7-9-14)21-16(18-19-20-21)24-10-15(22)11-2-4-12(17)5-3-11/h2-9,15,22H,10H2,1H3. The van der Waals surface area contributed by atoms with E-state index in [4.69, 9.17) is 4.74 Å². The maximum atomic E-state index is 12.9. The third-order valence-corrected chi connectivity index (χ3v) is 4.38. The highest BCUT2D eigenvalue weighted by Gasteiger charge is 2.13. The molecular weight excluding hydrogens is 331 g/mol. The zero-order valence-electron chi connectivity index (χ0n) is 12.8. The minimum absolute atomic E-state index is 0.331. The summed E-state index contributed by atoms with van der Waals surface area (Å²) in [5.41, 5.74) is 1.44. The van der Waals surface area contributed by atoms with Crippen molar-refractivity contribution in [3.05, 3.63) is 59.9 Å². The van der Waals surface area contributed by atoms with Gasteiger partial charge < -0.3 is 9.84 Å². The van der Waals surface area contributed by atoms with E-state index in [0.717, 1.165) is 11.4 Å². The number of halogens is 1. The number of thioether (sulfide) groups is 1. The Morgan fingerprint density at radius 1 is 1.17 bits per heavy atom. The number of aliphatic hydroxyl groups is 1. The molecular formula is C16H15FN4O2S. The zero-order valence-corrected chi connectivity index (χ0v) is 13.7. The summed E-state index contributed by atoms with van der Waals surface area (Å²) in [5, 5.41) is 22.4. The van der Waals surface area contributed by atoms with Crippen LogP contribution in [0.15, 0.2) is 53.7 Å². The van der Waals surface area contributed by atoms with Crippen molar-refractivity contribution >= 4 is 11.8 Å². The first-order valence-electron chi connectivity index (χ1n) is 7.16. The van der Waals surface area contributed by atoms with E-state index < -0.39 is 6.10 Å². The van der Waals surface area contributed by atoms with Gasteiger partial charge in [0.05, 0.1) is 18.9 Å². The van der Waals surface area contributed by atoms with E-state index in [9.17, 15) is 9.50 Å². The Hall–Kier alpha value is -2.45. The summed E-state index contributed by atoms with van der Waals surface area (Å²) in [7, 11) is 1.60. The van der Waals surface area contributed by atoms with Crippen LogP contribution in [0.3, 0.4) is 0 Å². The van der Waals surface area contributed by atoms with Crippen LogP contribution in [-0.4, -0.2) is 38.2 Å². The van der Waals surface area contributed by atoms with E-state index in [-0.39, 0.29) is 5.82 Å². The van der Waals surface area contributed by atoms with Gasteiger partial charge in [0, 0.05) is 5.75 Å². The Bertz CT molecular complexity index is 793. The van der Waals surface area contributed by atoms with E-state index in [0.29, 0.717) is 16.5 Å². The fourth-order valence-electron chi connectivity index (χ4n) is 2.09. The van der Waals surface area contributed by atoms with E-state index in [2.05, 4.69) is 15.5 Å². The molecule has 8 heteroatoms. The zero-order chi connectivity index (χ0) is 16.9. The fraction of sp³-hybridized carbons (Fsp3) is 0.188. The van der Waals surface area contributed by atoms with Gasteiger partial charge in [-0.15, -0.1) is 5.10 Å². The lowest BCUT2D eigenvalue weighted by Crippen LogP contribution is -2.03. The molecule has 0 spiro atoms. The second-order valence-corrected chi connectivity index (χ2v) is 5.94. The van der Waals surface area contributed by atoms with Crippen molar-refractivity contribution in [2.24, 2.45) is 0 Å². The molecule has 0 fully saturated rings. The monoisotopic (exact) mass is 346 g/mol. The van der Waals surface area contributed by atoms with Crippen LogP contribution in [0.25, 0.3) is 5.69 Å². The molecule has 2 aromatic carbocycles. The van der Waals surface area contributed by atoms with E-state index in [1.807, 2.05) is 24.3 Å². The van der Waals surface area contributed by atoms with Crippen LogP contribution >= 0.6 is 11.8 Å². The average molecular weight is 346 g/mol. The van der Waals surface area contributed by atoms with Gasteiger partial charge in [0.25, 0.3) is 0 Å². The maximum Gasteiger partial charge on any atom is 0.214 e. The summed E-state index contributed by atoms with van der Waals surface area (Å²) in [4.78, 5) is 0. The normalized spacial score (nSPS) is 12.1. The predicted octanol–water partition coefficient (Wildman–Crippen LogP) is 2.64. The largest absolute Gasteiger partial charge is 0.497 e. The molecule has 1 unspecified atom stereocenters. The summed E-state index contributed by atoms with van der Waals surface area (Å²) >= 11 is 1.32. The minimum Gasteiger partial charge on any atom is -0.497 e. The average Bonchev–Trinajstić information content (AvgIpc) is 3.09. The van der Waals surface area contributed by atoms with Crippen LogP contribution in [0.5, 0.6) is 5.75 Å². The molecule has 124 valence electrons. The second kappa shape index (κ2) is 7.41. The summed E-state index contributed by atoms with van der Waals surface area (Å²) in [6, 6.07) is 13.1. The molecule has 0 saturated carbocycles. The number of benzene rings is 2. The van der Waals surface area contributed by atoms with Gasteiger partial charge in [-0.3, -0.25) is 0 Å². The third-order valence-electron chi connectivity index (χ3n) is 3.38. The molecule has 3 aromatic rings. The Labute approximate surface area is 142 Å². The lowest BCUT2D eigenvalue weighted by atomic mass is 10.1. The van der Waals surface area contributed by atoms with Crippen LogP contribution in [0.4, 0.5) is 4.39 Å². The van der Waals surface area contributed by atoms with Gasteiger partial charge in [0.1, 0.15) is 11.6 Å².